The van der Waals surface area contributed by atoms with Crippen LogP contribution in [0.15, 0.2) is 63.8 Å². The van der Waals surface area contributed by atoms with Crippen molar-refractivity contribution in [3.05, 3.63) is 76.1 Å². The highest BCUT2D eigenvalue weighted by molar-refractivity contribution is 6.01. The summed E-state index contributed by atoms with van der Waals surface area (Å²) in [6.07, 6.45) is -1.57. The van der Waals surface area contributed by atoms with Crippen molar-refractivity contribution >= 4 is 46.4 Å². The predicted octanol–water partition coefficient (Wildman–Crippen LogP) is 2.46. The molecule has 3 rings (SSSR count). The van der Waals surface area contributed by atoms with Gasteiger partial charge in [-0.15, -0.1) is 0 Å². The summed E-state index contributed by atoms with van der Waals surface area (Å²) in [7, 11) is 0. The topological polar surface area (TPSA) is 193 Å². The zero-order valence-electron chi connectivity index (χ0n) is 24.1. The Hall–Kier alpha value is -5.20. The van der Waals surface area contributed by atoms with E-state index in [1.54, 1.807) is 57.2 Å². The van der Waals surface area contributed by atoms with E-state index in [-0.39, 0.29) is 23.8 Å². The zero-order chi connectivity index (χ0) is 31.7. The molecule has 13 nitrogen and oxygen atoms in total. The number of hydrogen-bond acceptors (Lipinski definition) is 8. The molecule has 0 radical (unpaired) electrons. The van der Waals surface area contributed by atoms with E-state index in [1.165, 1.54) is 19.1 Å². The number of fused-ring (bicyclic) bond motifs is 1. The Morgan fingerprint density at radius 3 is 2.23 bits per heavy atom. The van der Waals surface area contributed by atoms with Crippen molar-refractivity contribution < 1.29 is 38.2 Å². The van der Waals surface area contributed by atoms with Crippen LogP contribution in [0.25, 0.3) is 11.0 Å². The number of amides is 4. The van der Waals surface area contributed by atoms with E-state index in [1.807, 2.05) is 6.07 Å². The minimum absolute atomic E-state index is 0.00175. The first-order valence-electron chi connectivity index (χ1n) is 13.5. The normalized spacial score (nSPS) is 13.0. The van der Waals surface area contributed by atoms with Gasteiger partial charge in [-0.1, -0.05) is 44.2 Å². The van der Waals surface area contributed by atoms with Crippen molar-refractivity contribution in [1.82, 2.24) is 16.0 Å². The molecule has 2 aromatic carbocycles. The molecule has 0 aliphatic rings. The second-order valence-corrected chi connectivity index (χ2v) is 10.3. The third kappa shape index (κ3) is 9.42. The van der Waals surface area contributed by atoms with E-state index < -0.39 is 60.0 Å². The lowest BCUT2D eigenvalue weighted by Gasteiger charge is -2.24. The van der Waals surface area contributed by atoms with Crippen molar-refractivity contribution in [3.8, 4) is 0 Å². The summed E-state index contributed by atoms with van der Waals surface area (Å²) in [6, 6.07) is 11.1. The monoisotopic (exact) mass is 594 g/mol. The van der Waals surface area contributed by atoms with Crippen LogP contribution in [0.1, 0.15) is 38.3 Å². The van der Waals surface area contributed by atoms with Crippen LogP contribution in [0.2, 0.25) is 0 Å². The molecular formula is C30H34N4O9. The number of hydrogen-bond donors (Lipinski definition) is 5. The number of rotatable bonds is 12. The Bertz CT molecular complexity index is 1550. The molecule has 5 N–H and O–H groups in total. The average Bonchev–Trinajstić information content (AvgIpc) is 2.94. The lowest BCUT2D eigenvalue weighted by atomic mass is 10.0. The third-order valence-electron chi connectivity index (χ3n) is 6.42. The summed E-state index contributed by atoms with van der Waals surface area (Å²) in [4.78, 5) is 74.3. The van der Waals surface area contributed by atoms with E-state index in [0.717, 1.165) is 5.56 Å². The van der Waals surface area contributed by atoms with Crippen molar-refractivity contribution in [3.63, 3.8) is 0 Å². The van der Waals surface area contributed by atoms with Crippen LogP contribution < -0.4 is 26.9 Å². The lowest BCUT2D eigenvalue weighted by molar-refractivity contribution is -0.140. The van der Waals surface area contributed by atoms with Crippen molar-refractivity contribution in [2.24, 2.45) is 5.92 Å². The van der Waals surface area contributed by atoms with Gasteiger partial charge < -0.3 is 35.5 Å². The molecule has 1 heterocycles. The summed E-state index contributed by atoms with van der Waals surface area (Å²) >= 11 is 0. The Kier molecular flexibility index (Phi) is 11.0. The quantitative estimate of drug-likeness (QED) is 0.196. The van der Waals surface area contributed by atoms with Gasteiger partial charge in [0.2, 0.25) is 17.7 Å². The highest BCUT2D eigenvalue weighted by atomic mass is 16.5. The molecule has 1 aromatic heterocycles. The molecule has 0 aliphatic heterocycles. The molecule has 3 atom stereocenters. The number of aryl methyl sites for hydroxylation is 1. The third-order valence-corrected chi connectivity index (χ3v) is 6.42. The van der Waals surface area contributed by atoms with Crippen molar-refractivity contribution in [2.75, 3.05) is 5.32 Å². The van der Waals surface area contributed by atoms with Gasteiger partial charge in [-0.05, 0) is 43.0 Å². The Morgan fingerprint density at radius 1 is 0.884 bits per heavy atom. The molecule has 4 amide bonds. The van der Waals surface area contributed by atoms with Gasteiger partial charge in [-0.3, -0.25) is 19.2 Å². The summed E-state index contributed by atoms with van der Waals surface area (Å²) in [5, 5.41) is 19.8. The SMILES string of the molecule is Cc1cc(=O)oc2cc(NC(=O)[C@H](CC(=O)O)NC(=O)[C@@H](C)NC(=O)[C@@H](NC(=O)OCc3ccccc3)C(C)C)ccc12. The van der Waals surface area contributed by atoms with Gasteiger partial charge in [-0.2, -0.15) is 0 Å². The minimum atomic E-state index is -1.50. The molecule has 0 saturated heterocycles. The van der Waals surface area contributed by atoms with Crippen LogP contribution >= 0.6 is 0 Å². The van der Waals surface area contributed by atoms with E-state index in [4.69, 9.17) is 9.15 Å². The number of aliphatic carboxylic acids is 1. The minimum Gasteiger partial charge on any atom is -0.481 e. The standard InChI is InChI=1S/C30H34N4O9/c1-16(2)26(34-30(41)42-15-19-8-6-5-7-9-19)29(40)31-18(4)27(38)33-22(14-24(35)36)28(39)32-20-10-11-21-17(3)12-25(37)43-23(21)13-20/h5-13,16,18,22,26H,14-15H2,1-4H3,(H,31,40)(H,32,39)(H,33,38)(H,34,41)(H,35,36)/t18-,22+,26+/m1/s1. The van der Waals surface area contributed by atoms with E-state index in [9.17, 15) is 33.9 Å². The fourth-order valence-electron chi connectivity index (χ4n) is 4.11. The molecule has 0 fully saturated rings. The fourth-order valence-corrected chi connectivity index (χ4v) is 4.11. The summed E-state index contributed by atoms with van der Waals surface area (Å²) in [5.74, 6) is -4.08. The van der Waals surface area contributed by atoms with Gasteiger partial charge in [0.15, 0.2) is 0 Å². The van der Waals surface area contributed by atoms with Crippen LogP contribution in [0.3, 0.4) is 0 Å². The van der Waals surface area contributed by atoms with Gasteiger partial charge in [-0.25, -0.2) is 9.59 Å². The summed E-state index contributed by atoms with van der Waals surface area (Å²) < 4.78 is 10.4. The van der Waals surface area contributed by atoms with Gasteiger partial charge in [0, 0.05) is 23.2 Å². The van der Waals surface area contributed by atoms with E-state index in [2.05, 4.69) is 21.3 Å². The predicted molar refractivity (Wildman–Crippen MR) is 156 cm³/mol. The largest absolute Gasteiger partial charge is 0.481 e. The Labute approximate surface area is 247 Å². The first-order valence-corrected chi connectivity index (χ1v) is 13.5. The van der Waals surface area contributed by atoms with Crippen LogP contribution in [0.5, 0.6) is 0 Å². The van der Waals surface area contributed by atoms with Crippen LogP contribution in [-0.4, -0.2) is 53.0 Å². The highest BCUT2D eigenvalue weighted by Gasteiger charge is 2.30. The molecule has 43 heavy (non-hydrogen) atoms. The molecule has 0 bridgehead atoms. The number of anilines is 1. The highest BCUT2D eigenvalue weighted by Crippen LogP contribution is 2.21. The summed E-state index contributed by atoms with van der Waals surface area (Å²) in [5.41, 5.74) is 1.29. The number of benzene rings is 2. The average molecular weight is 595 g/mol. The maximum Gasteiger partial charge on any atom is 0.408 e. The molecule has 3 aromatic rings. The van der Waals surface area contributed by atoms with Crippen LogP contribution in [0, 0.1) is 12.8 Å². The second-order valence-electron chi connectivity index (χ2n) is 10.3. The Morgan fingerprint density at radius 2 is 1.58 bits per heavy atom. The maximum absolute atomic E-state index is 13.0. The first-order chi connectivity index (χ1) is 20.3. The number of alkyl carbamates (subject to hydrolysis) is 1. The van der Waals surface area contributed by atoms with E-state index in [0.29, 0.717) is 10.9 Å². The first kappa shape index (κ1) is 32.3. The molecule has 228 valence electrons. The van der Waals surface area contributed by atoms with Crippen LogP contribution in [0.4, 0.5) is 10.5 Å². The number of nitrogens with one attached hydrogen (secondary N) is 4. The van der Waals surface area contributed by atoms with Gasteiger partial charge in [0.1, 0.15) is 30.3 Å². The molecule has 0 aliphatic carbocycles. The number of carbonyl (C=O) groups is 5. The van der Waals surface area contributed by atoms with Gasteiger partial charge >= 0.3 is 17.7 Å². The van der Waals surface area contributed by atoms with Crippen molar-refractivity contribution in [1.29, 1.82) is 0 Å². The van der Waals surface area contributed by atoms with Gasteiger partial charge in [0.25, 0.3) is 0 Å². The zero-order valence-corrected chi connectivity index (χ0v) is 24.1. The smallest absolute Gasteiger partial charge is 0.408 e. The number of carbonyl (C=O) groups excluding carboxylic acids is 4. The summed E-state index contributed by atoms with van der Waals surface area (Å²) in [6.45, 7) is 6.46. The van der Waals surface area contributed by atoms with Crippen molar-refractivity contribution in [2.45, 2.75) is 58.8 Å². The van der Waals surface area contributed by atoms with E-state index >= 15 is 0 Å². The maximum atomic E-state index is 13.0. The molecule has 13 heteroatoms. The second kappa shape index (κ2) is 14.6. The molecular weight excluding hydrogens is 560 g/mol. The Balaban J connectivity index is 1.62. The number of carboxylic acid groups (broad SMARTS) is 1. The van der Waals surface area contributed by atoms with Gasteiger partial charge in [0.05, 0.1) is 6.42 Å². The van der Waals surface area contributed by atoms with Crippen LogP contribution in [-0.2, 0) is 30.5 Å². The molecule has 0 unspecified atom stereocenters. The number of ether oxygens (including phenoxy) is 1. The molecule has 0 spiro atoms. The molecule has 0 saturated carbocycles. The number of carboxylic acids is 1. The fraction of sp³-hybridized carbons (Fsp3) is 0.333. The lowest BCUT2D eigenvalue weighted by Crippen LogP contribution is -2.56.